The third-order valence-corrected chi connectivity index (χ3v) is 10.5. The van der Waals surface area contributed by atoms with Gasteiger partial charge in [-0.3, -0.25) is 0 Å². The monoisotopic (exact) mass is 545 g/mol. The Morgan fingerprint density at radius 1 is 0.974 bits per heavy atom. The zero-order chi connectivity index (χ0) is 27.0. The van der Waals surface area contributed by atoms with Gasteiger partial charge in [-0.15, -0.1) is 22.7 Å². The zero-order valence-corrected chi connectivity index (χ0v) is 23.9. The Bertz CT molecular complexity index is 1700. The third-order valence-electron chi connectivity index (χ3n) is 8.17. The van der Waals surface area contributed by atoms with Crippen molar-refractivity contribution in [2.24, 2.45) is 0 Å². The van der Waals surface area contributed by atoms with Crippen LogP contribution in [-0.4, -0.2) is 24.2 Å². The summed E-state index contributed by atoms with van der Waals surface area (Å²) in [7, 11) is 0. The van der Waals surface area contributed by atoms with Gasteiger partial charge in [0.25, 0.3) is 0 Å². The molecule has 0 atom stereocenters. The fourth-order valence-electron chi connectivity index (χ4n) is 5.78. The van der Waals surface area contributed by atoms with E-state index < -0.39 is 5.97 Å². The minimum Gasteiger partial charge on any atom is -0.478 e. The number of carboxylic acids is 1. The number of rotatable bonds is 4. The molecule has 4 aromatic rings. The zero-order valence-electron chi connectivity index (χ0n) is 22.3. The van der Waals surface area contributed by atoms with Crippen LogP contribution in [0.2, 0.25) is 0 Å². The molecule has 0 saturated carbocycles. The Balaban J connectivity index is 1.46. The summed E-state index contributed by atoms with van der Waals surface area (Å²) in [6.45, 7) is 12.8. The molecule has 6 rings (SSSR count). The summed E-state index contributed by atoms with van der Waals surface area (Å²) in [6.07, 6.45) is 3.82. The molecule has 2 aliphatic heterocycles. The molecule has 0 spiro atoms. The second-order valence-electron chi connectivity index (χ2n) is 11.8. The highest BCUT2D eigenvalue weighted by atomic mass is 32.1. The van der Waals surface area contributed by atoms with Gasteiger partial charge >= 0.3 is 11.6 Å². The highest BCUT2D eigenvalue weighted by Crippen LogP contribution is 2.52. The first-order chi connectivity index (χ1) is 17.9. The minimum atomic E-state index is -0.920. The van der Waals surface area contributed by atoms with Crippen LogP contribution in [0.3, 0.4) is 0 Å². The van der Waals surface area contributed by atoms with E-state index in [0.29, 0.717) is 11.1 Å². The first-order valence-electron chi connectivity index (χ1n) is 13.0. The number of aliphatic carboxylic acids is 1. The molecule has 0 aliphatic carbocycles. The first-order valence-corrected chi connectivity index (χ1v) is 14.6. The largest absolute Gasteiger partial charge is 0.478 e. The van der Waals surface area contributed by atoms with Crippen molar-refractivity contribution < 1.29 is 14.3 Å². The molecule has 7 heteroatoms. The van der Waals surface area contributed by atoms with Crippen molar-refractivity contribution in [1.29, 1.82) is 0 Å². The highest BCUT2D eigenvalue weighted by molar-refractivity contribution is 7.24. The van der Waals surface area contributed by atoms with E-state index in [4.69, 9.17) is 9.52 Å². The van der Waals surface area contributed by atoms with E-state index in [1.807, 2.05) is 30.3 Å². The second kappa shape index (κ2) is 8.68. The maximum Gasteiger partial charge on any atom is 0.345 e. The molecule has 0 radical (unpaired) electrons. The SMILES string of the molecule is C/C(=C/c1ccc(-c2ccc(-c3cc4cc5c6c(c4oc3=O)C(C)(C)CCN6CCC5(C)C)s2)s1)C(=O)O. The van der Waals surface area contributed by atoms with Gasteiger partial charge < -0.3 is 14.4 Å². The number of benzene rings is 1. The van der Waals surface area contributed by atoms with Crippen molar-refractivity contribution in [2.45, 2.75) is 58.3 Å². The Morgan fingerprint density at radius 2 is 1.63 bits per heavy atom. The molecule has 0 amide bonds. The van der Waals surface area contributed by atoms with Gasteiger partial charge in [-0.05, 0) is 78.6 Å². The lowest BCUT2D eigenvalue weighted by molar-refractivity contribution is -0.132. The first kappa shape index (κ1) is 25.1. The third kappa shape index (κ3) is 4.03. The summed E-state index contributed by atoms with van der Waals surface area (Å²) in [5.74, 6) is -0.920. The Hall–Kier alpha value is -3.16. The van der Waals surface area contributed by atoms with Gasteiger partial charge in [0.2, 0.25) is 0 Å². The van der Waals surface area contributed by atoms with E-state index in [2.05, 4.69) is 38.7 Å². The Morgan fingerprint density at radius 3 is 2.37 bits per heavy atom. The molecule has 3 aromatic heterocycles. The van der Waals surface area contributed by atoms with Crippen LogP contribution in [0.4, 0.5) is 5.69 Å². The van der Waals surface area contributed by atoms with Crippen molar-refractivity contribution in [3.63, 3.8) is 0 Å². The Labute approximate surface area is 230 Å². The average Bonchev–Trinajstić information content (AvgIpc) is 3.51. The predicted octanol–water partition coefficient (Wildman–Crippen LogP) is 7.91. The van der Waals surface area contributed by atoms with Crippen LogP contribution in [-0.2, 0) is 15.6 Å². The maximum atomic E-state index is 13.4. The van der Waals surface area contributed by atoms with Gasteiger partial charge in [-0.1, -0.05) is 27.7 Å². The van der Waals surface area contributed by atoms with Crippen molar-refractivity contribution >= 4 is 51.4 Å². The molecule has 1 aromatic carbocycles. The van der Waals surface area contributed by atoms with E-state index in [1.165, 1.54) is 28.2 Å². The van der Waals surface area contributed by atoms with Crippen molar-refractivity contribution in [3.8, 4) is 20.2 Å². The lowest BCUT2D eigenvalue weighted by Crippen LogP contribution is -2.44. The molecule has 0 saturated heterocycles. The molecular weight excluding hydrogens is 514 g/mol. The fraction of sp³-hybridized carbons (Fsp3) is 0.355. The summed E-state index contributed by atoms with van der Waals surface area (Å²) in [6, 6.07) is 12.2. The molecular formula is C31H31NO4S2. The van der Waals surface area contributed by atoms with Gasteiger partial charge in [0.1, 0.15) is 5.58 Å². The van der Waals surface area contributed by atoms with Gasteiger partial charge in [-0.25, -0.2) is 9.59 Å². The molecule has 196 valence electrons. The van der Waals surface area contributed by atoms with Crippen molar-refractivity contribution in [1.82, 2.24) is 0 Å². The van der Waals surface area contributed by atoms with Crippen LogP contribution in [0.5, 0.6) is 0 Å². The van der Waals surface area contributed by atoms with Gasteiger partial charge in [0, 0.05) is 54.8 Å². The topological polar surface area (TPSA) is 70.8 Å². The standard InChI is InChI=1S/C31H31NO4S2/c1-17(28(33)34)14-19-6-7-23(37-19)24-9-8-22(38-24)20-15-18-16-21-26-25(27(18)36-29(20)35)31(4,5)11-13-32(26)12-10-30(21,2)3/h6-9,14-16H,10-13H2,1-5H3,(H,33,34)/b17-14-. The highest BCUT2D eigenvalue weighted by Gasteiger charge is 2.42. The number of nitrogens with zero attached hydrogens (tertiary/aromatic N) is 1. The maximum absolute atomic E-state index is 13.4. The van der Waals surface area contributed by atoms with E-state index >= 15 is 0 Å². The number of fused-ring (bicyclic) bond motifs is 2. The summed E-state index contributed by atoms with van der Waals surface area (Å²) in [4.78, 5) is 30.9. The number of anilines is 1. The van der Waals surface area contributed by atoms with Crippen LogP contribution in [0.1, 0.15) is 63.5 Å². The lowest BCUT2D eigenvalue weighted by atomic mass is 9.69. The van der Waals surface area contributed by atoms with Crippen molar-refractivity contribution in [3.05, 3.63) is 68.4 Å². The predicted molar refractivity (Wildman–Crippen MR) is 158 cm³/mol. The molecule has 1 N–H and O–H groups in total. The van der Waals surface area contributed by atoms with Crippen LogP contribution in [0, 0.1) is 0 Å². The summed E-state index contributed by atoms with van der Waals surface area (Å²) < 4.78 is 6.17. The van der Waals surface area contributed by atoms with Gasteiger partial charge in [-0.2, -0.15) is 0 Å². The van der Waals surface area contributed by atoms with Crippen LogP contribution in [0.25, 0.3) is 37.2 Å². The van der Waals surface area contributed by atoms with Crippen LogP contribution in [0.15, 0.2) is 51.2 Å². The average molecular weight is 546 g/mol. The lowest BCUT2D eigenvalue weighted by Gasteiger charge is -2.48. The van der Waals surface area contributed by atoms with E-state index in [1.54, 1.807) is 24.3 Å². The van der Waals surface area contributed by atoms with E-state index in [0.717, 1.165) is 56.4 Å². The molecule has 0 unspecified atom stereocenters. The Kier molecular flexibility index (Phi) is 5.74. The number of thiophene rings is 2. The summed E-state index contributed by atoms with van der Waals surface area (Å²) in [5.41, 5.74) is 5.08. The van der Waals surface area contributed by atoms with E-state index in [9.17, 15) is 9.59 Å². The molecule has 5 heterocycles. The molecule has 0 fully saturated rings. The number of hydrogen-bond donors (Lipinski definition) is 1. The molecule has 2 aliphatic rings. The number of carboxylic acid groups (broad SMARTS) is 1. The van der Waals surface area contributed by atoms with Crippen LogP contribution < -0.4 is 10.5 Å². The van der Waals surface area contributed by atoms with Crippen molar-refractivity contribution in [2.75, 3.05) is 18.0 Å². The van der Waals surface area contributed by atoms with Gasteiger partial charge in [0.15, 0.2) is 0 Å². The summed E-state index contributed by atoms with van der Waals surface area (Å²) >= 11 is 3.09. The van der Waals surface area contributed by atoms with Gasteiger partial charge in [0.05, 0.1) is 5.56 Å². The summed E-state index contributed by atoms with van der Waals surface area (Å²) in [5, 5.41) is 10.2. The quantitative estimate of drug-likeness (QED) is 0.208. The minimum absolute atomic E-state index is 0.0545. The fourth-order valence-corrected chi connectivity index (χ4v) is 7.89. The molecule has 0 bridgehead atoms. The smallest absolute Gasteiger partial charge is 0.345 e. The van der Waals surface area contributed by atoms with E-state index in [-0.39, 0.29) is 16.5 Å². The molecule has 5 nitrogen and oxygen atoms in total. The number of hydrogen-bond acceptors (Lipinski definition) is 6. The number of carbonyl (C=O) groups is 1. The second-order valence-corrected chi connectivity index (χ2v) is 14.0. The van der Waals surface area contributed by atoms with Crippen LogP contribution >= 0.6 is 22.7 Å². The normalized spacial score (nSPS) is 18.0. The molecule has 38 heavy (non-hydrogen) atoms.